The quantitative estimate of drug-likeness (QED) is 0.840. The number of alkyl halides is 3. The zero-order valence-corrected chi connectivity index (χ0v) is 13.2. The van der Waals surface area contributed by atoms with Gasteiger partial charge in [-0.1, -0.05) is 12.1 Å². The molecule has 0 aliphatic carbocycles. The van der Waals surface area contributed by atoms with E-state index in [4.69, 9.17) is 9.84 Å². The van der Waals surface area contributed by atoms with Crippen LogP contribution in [0.4, 0.5) is 18.0 Å². The zero-order valence-electron chi connectivity index (χ0n) is 13.2. The first kappa shape index (κ1) is 19.2. The van der Waals surface area contributed by atoms with Gasteiger partial charge < -0.3 is 20.1 Å². The lowest BCUT2D eigenvalue weighted by molar-refractivity contribution is -0.137. The van der Waals surface area contributed by atoms with Crippen LogP contribution in [0.2, 0.25) is 0 Å². The molecule has 0 spiro atoms. The molecule has 2 N–H and O–H groups in total. The number of ether oxygens (including phenoxy) is 1. The second-order valence-corrected chi connectivity index (χ2v) is 5.22. The van der Waals surface area contributed by atoms with Gasteiger partial charge in [0.05, 0.1) is 30.9 Å². The molecule has 0 radical (unpaired) electrons. The number of methoxy groups -OCH3 is 1. The second-order valence-electron chi connectivity index (χ2n) is 5.22. The number of hydrogen-bond donors (Lipinski definition) is 2. The minimum atomic E-state index is -4.46. The normalized spacial score (nSPS) is 14.2. The van der Waals surface area contributed by atoms with Crippen molar-refractivity contribution < 1.29 is 27.8 Å². The van der Waals surface area contributed by atoms with Crippen LogP contribution in [0.25, 0.3) is 0 Å². The van der Waals surface area contributed by atoms with Crippen LogP contribution < -0.4 is 5.32 Å². The third-order valence-electron chi connectivity index (χ3n) is 3.49. The maximum absolute atomic E-state index is 12.8. The lowest BCUT2D eigenvalue weighted by Gasteiger charge is -2.27. The summed E-state index contributed by atoms with van der Waals surface area (Å²) in [6.07, 6.45) is -4.46. The van der Waals surface area contributed by atoms with E-state index in [1.807, 2.05) is 0 Å². The van der Waals surface area contributed by atoms with Gasteiger partial charge in [-0.3, -0.25) is 0 Å². The topological polar surface area (TPSA) is 61.8 Å². The fourth-order valence-electron chi connectivity index (χ4n) is 1.89. The van der Waals surface area contributed by atoms with Crippen LogP contribution in [-0.4, -0.2) is 49.5 Å². The molecule has 1 rings (SSSR count). The molecule has 5 nitrogen and oxygen atoms in total. The molecule has 2 amide bonds. The van der Waals surface area contributed by atoms with Crippen LogP contribution >= 0.6 is 0 Å². The van der Waals surface area contributed by atoms with E-state index >= 15 is 0 Å². The highest BCUT2D eigenvalue weighted by molar-refractivity contribution is 5.74. The molecular weight excluding hydrogens is 313 g/mol. The maximum atomic E-state index is 12.8. The van der Waals surface area contributed by atoms with E-state index in [0.29, 0.717) is 5.56 Å². The van der Waals surface area contributed by atoms with E-state index < -0.39 is 29.9 Å². The van der Waals surface area contributed by atoms with Crippen molar-refractivity contribution in [2.45, 2.75) is 25.2 Å². The predicted octanol–water partition coefficient (Wildman–Crippen LogP) is 2.42. The molecular formula is C15H21F3N2O3. The SMILES string of the molecule is COCC(NC(=O)N(C)C(C)CO)c1cccc(C(F)(F)F)c1. The van der Waals surface area contributed by atoms with Crippen molar-refractivity contribution in [2.24, 2.45) is 0 Å². The number of nitrogens with one attached hydrogen (secondary N) is 1. The first-order valence-electron chi connectivity index (χ1n) is 7.01. The van der Waals surface area contributed by atoms with Crippen molar-refractivity contribution in [3.05, 3.63) is 35.4 Å². The fourth-order valence-corrected chi connectivity index (χ4v) is 1.89. The Labute approximate surface area is 133 Å². The van der Waals surface area contributed by atoms with Gasteiger partial charge in [-0.25, -0.2) is 4.79 Å². The van der Waals surface area contributed by atoms with E-state index in [-0.39, 0.29) is 13.2 Å². The van der Waals surface area contributed by atoms with E-state index in [1.54, 1.807) is 6.92 Å². The lowest BCUT2D eigenvalue weighted by atomic mass is 10.0. The Morgan fingerprint density at radius 1 is 1.43 bits per heavy atom. The molecule has 0 fully saturated rings. The summed E-state index contributed by atoms with van der Waals surface area (Å²) in [5, 5.41) is 11.7. The van der Waals surface area contributed by atoms with Crippen molar-refractivity contribution in [1.82, 2.24) is 10.2 Å². The highest BCUT2D eigenvalue weighted by atomic mass is 19.4. The molecule has 0 saturated carbocycles. The molecule has 2 atom stereocenters. The molecule has 0 aliphatic rings. The van der Waals surface area contributed by atoms with Gasteiger partial charge in [-0.2, -0.15) is 13.2 Å². The summed E-state index contributed by atoms with van der Waals surface area (Å²) in [7, 11) is 2.89. The number of carbonyl (C=O) groups is 1. The van der Waals surface area contributed by atoms with Crippen molar-refractivity contribution in [1.29, 1.82) is 0 Å². The number of carbonyl (C=O) groups excluding carboxylic acids is 1. The molecule has 0 aliphatic heterocycles. The van der Waals surface area contributed by atoms with E-state index in [2.05, 4.69) is 5.32 Å². The van der Waals surface area contributed by atoms with Gasteiger partial charge in [0.15, 0.2) is 0 Å². The van der Waals surface area contributed by atoms with Gasteiger partial charge in [-0.15, -0.1) is 0 Å². The van der Waals surface area contributed by atoms with Crippen molar-refractivity contribution in [3.8, 4) is 0 Å². The van der Waals surface area contributed by atoms with Crippen LogP contribution in [-0.2, 0) is 10.9 Å². The van der Waals surface area contributed by atoms with Gasteiger partial charge in [0.2, 0.25) is 0 Å². The highest BCUT2D eigenvalue weighted by Gasteiger charge is 2.31. The summed E-state index contributed by atoms with van der Waals surface area (Å²) in [5.74, 6) is 0. The summed E-state index contributed by atoms with van der Waals surface area (Å²) < 4.78 is 43.4. The van der Waals surface area contributed by atoms with Crippen LogP contribution in [0.1, 0.15) is 24.1 Å². The van der Waals surface area contributed by atoms with Crippen LogP contribution in [0.5, 0.6) is 0 Å². The Morgan fingerprint density at radius 2 is 2.09 bits per heavy atom. The molecule has 0 aromatic heterocycles. The third-order valence-corrected chi connectivity index (χ3v) is 3.49. The summed E-state index contributed by atoms with van der Waals surface area (Å²) in [4.78, 5) is 13.4. The molecule has 2 unspecified atom stereocenters. The van der Waals surface area contributed by atoms with E-state index in [1.165, 1.54) is 31.2 Å². The Kier molecular flexibility index (Phi) is 6.83. The van der Waals surface area contributed by atoms with Gasteiger partial charge in [0, 0.05) is 14.2 Å². The Bertz CT molecular complexity index is 523. The molecule has 130 valence electrons. The molecule has 23 heavy (non-hydrogen) atoms. The van der Waals surface area contributed by atoms with Gasteiger partial charge in [0.25, 0.3) is 0 Å². The summed E-state index contributed by atoms with van der Waals surface area (Å²) in [6.45, 7) is 1.45. The van der Waals surface area contributed by atoms with Crippen molar-refractivity contribution in [2.75, 3.05) is 27.4 Å². The van der Waals surface area contributed by atoms with E-state index in [9.17, 15) is 18.0 Å². The number of aliphatic hydroxyl groups is 1. The number of amides is 2. The number of aliphatic hydroxyl groups excluding tert-OH is 1. The van der Waals surface area contributed by atoms with Gasteiger partial charge in [0.1, 0.15) is 0 Å². The van der Waals surface area contributed by atoms with E-state index in [0.717, 1.165) is 12.1 Å². The summed E-state index contributed by atoms with van der Waals surface area (Å²) in [5.41, 5.74) is -0.498. The molecule has 8 heteroatoms. The van der Waals surface area contributed by atoms with Crippen LogP contribution in [0.15, 0.2) is 24.3 Å². The van der Waals surface area contributed by atoms with Crippen LogP contribution in [0, 0.1) is 0 Å². The molecule has 0 saturated heterocycles. The molecule has 0 bridgehead atoms. The average Bonchev–Trinajstić information content (AvgIpc) is 2.52. The smallest absolute Gasteiger partial charge is 0.394 e. The summed E-state index contributed by atoms with van der Waals surface area (Å²) >= 11 is 0. The first-order valence-corrected chi connectivity index (χ1v) is 7.01. The monoisotopic (exact) mass is 334 g/mol. The van der Waals surface area contributed by atoms with Crippen molar-refractivity contribution in [3.63, 3.8) is 0 Å². The number of rotatable bonds is 6. The van der Waals surface area contributed by atoms with Crippen LogP contribution in [0.3, 0.4) is 0 Å². The third kappa shape index (κ3) is 5.40. The largest absolute Gasteiger partial charge is 0.416 e. The zero-order chi connectivity index (χ0) is 17.6. The predicted molar refractivity (Wildman–Crippen MR) is 78.9 cm³/mol. The lowest BCUT2D eigenvalue weighted by Crippen LogP contribution is -2.45. The minimum absolute atomic E-state index is 0.0222. The Hall–Kier alpha value is -1.80. The minimum Gasteiger partial charge on any atom is -0.394 e. The van der Waals surface area contributed by atoms with Gasteiger partial charge in [-0.05, 0) is 24.6 Å². The average molecular weight is 334 g/mol. The Morgan fingerprint density at radius 3 is 2.61 bits per heavy atom. The van der Waals surface area contributed by atoms with Crippen molar-refractivity contribution >= 4 is 6.03 Å². The Balaban J connectivity index is 2.97. The number of halogens is 3. The molecule has 1 aromatic rings. The highest BCUT2D eigenvalue weighted by Crippen LogP contribution is 2.30. The number of benzene rings is 1. The number of urea groups is 1. The molecule has 1 aromatic carbocycles. The standard InChI is InChI=1S/C15H21F3N2O3/c1-10(8-21)20(2)14(22)19-13(9-23-3)11-5-4-6-12(7-11)15(16,17)18/h4-7,10,13,21H,8-9H2,1-3H3,(H,19,22). The first-order chi connectivity index (χ1) is 10.7. The maximum Gasteiger partial charge on any atom is 0.416 e. The number of likely N-dealkylation sites (N-methyl/N-ethyl adjacent to an activating group) is 1. The summed E-state index contributed by atoms with van der Waals surface area (Å²) in [6, 6.07) is 3.07. The second kappa shape index (κ2) is 8.16. The fraction of sp³-hybridized carbons (Fsp3) is 0.533. The number of hydrogen-bond acceptors (Lipinski definition) is 3. The molecule has 0 heterocycles. The number of nitrogens with zero attached hydrogens (tertiary/aromatic N) is 1. The van der Waals surface area contributed by atoms with Gasteiger partial charge >= 0.3 is 12.2 Å².